The molecule has 1 saturated carbocycles. The second kappa shape index (κ2) is 7.16. The Labute approximate surface area is 122 Å². The van der Waals surface area contributed by atoms with Gasteiger partial charge in [0.1, 0.15) is 0 Å². The predicted octanol–water partition coefficient (Wildman–Crippen LogP) is 3.12. The molecule has 5 heteroatoms. The van der Waals surface area contributed by atoms with Gasteiger partial charge < -0.3 is 5.32 Å². The van der Waals surface area contributed by atoms with Gasteiger partial charge in [0.2, 0.25) is 0 Å². The Kier molecular flexibility index (Phi) is 5.52. The highest BCUT2D eigenvalue weighted by atomic mass is 15.6. The Morgan fingerprint density at radius 3 is 2.75 bits per heavy atom. The van der Waals surface area contributed by atoms with Crippen LogP contribution in [-0.4, -0.2) is 26.8 Å². The minimum Gasteiger partial charge on any atom is -0.307 e. The third-order valence-electron chi connectivity index (χ3n) is 4.31. The van der Waals surface area contributed by atoms with Crippen LogP contribution in [0.25, 0.3) is 0 Å². The molecule has 1 aromatic heterocycles. The molecule has 1 aromatic rings. The van der Waals surface area contributed by atoms with E-state index in [-0.39, 0.29) is 6.04 Å². The van der Waals surface area contributed by atoms with E-state index in [4.69, 9.17) is 0 Å². The Hall–Kier alpha value is -0.970. The minimum absolute atomic E-state index is 0.216. The minimum atomic E-state index is 0.216. The third kappa shape index (κ3) is 4.01. The zero-order chi connectivity index (χ0) is 14.5. The average Bonchev–Trinajstić information content (AvgIpc) is 2.79. The van der Waals surface area contributed by atoms with E-state index in [1.165, 1.54) is 32.1 Å². The number of nitrogens with zero attached hydrogens (tertiary/aromatic N) is 4. The fourth-order valence-electron chi connectivity index (χ4n) is 2.96. The Bertz CT molecular complexity index is 401. The number of hydrogen-bond donors (Lipinski definition) is 1. The average molecular weight is 279 g/mol. The van der Waals surface area contributed by atoms with Crippen molar-refractivity contribution in [2.75, 3.05) is 6.54 Å². The van der Waals surface area contributed by atoms with Crippen molar-refractivity contribution < 1.29 is 0 Å². The Balaban J connectivity index is 2.03. The quantitative estimate of drug-likeness (QED) is 0.841. The maximum absolute atomic E-state index is 4.27. The van der Waals surface area contributed by atoms with E-state index in [1.54, 1.807) is 0 Å². The summed E-state index contributed by atoms with van der Waals surface area (Å²) in [5.74, 6) is 2.47. The molecule has 0 radical (unpaired) electrons. The molecule has 0 bridgehead atoms. The summed E-state index contributed by atoms with van der Waals surface area (Å²) in [5.41, 5.74) is 0. The number of tetrazole rings is 1. The van der Waals surface area contributed by atoms with Crippen molar-refractivity contribution in [1.29, 1.82) is 0 Å². The molecule has 0 aliphatic heterocycles. The van der Waals surface area contributed by atoms with Gasteiger partial charge in [0, 0.05) is 0 Å². The molecule has 1 heterocycles. The lowest BCUT2D eigenvalue weighted by atomic mass is 10.0. The van der Waals surface area contributed by atoms with Crippen LogP contribution in [0.3, 0.4) is 0 Å². The molecule has 0 saturated heterocycles. The first-order valence-electron chi connectivity index (χ1n) is 8.09. The van der Waals surface area contributed by atoms with E-state index in [0.29, 0.717) is 12.0 Å². The first-order valence-corrected chi connectivity index (χ1v) is 8.09. The standard InChI is InChI=1S/C15H29N5/c1-11(2)10-16-13(4)15-17-18-19-20(15)14-7-5-6-12(3)8-9-14/h11-14,16H,5-10H2,1-4H3. The summed E-state index contributed by atoms with van der Waals surface area (Å²) in [5, 5.41) is 16.0. The molecule has 1 N–H and O–H groups in total. The highest BCUT2D eigenvalue weighted by molar-refractivity contribution is 4.92. The van der Waals surface area contributed by atoms with Gasteiger partial charge in [-0.1, -0.05) is 33.6 Å². The van der Waals surface area contributed by atoms with Crippen molar-refractivity contribution >= 4 is 0 Å². The van der Waals surface area contributed by atoms with Crippen LogP contribution >= 0.6 is 0 Å². The molecule has 0 amide bonds. The van der Waals surface area contributed by atoms with Gasteiger partial charge in [0.25, 0.3) is 0 Å². The van der Waals surface area contributed by atoms with E-state index in [0.717, 1.165) is 18.3 Å². The van der Waals surface area contributed by atoms with Crippen LogP contribution in [0.2, 0.25) is 0 Å². The van der Waals surface area contributed by atoms with Gasteiger partial charge in [0.15, 0.2) is 5.82 Å². The van der Waals surface area contributed by atoms with Gasteiger partial charge >= 0.3 is 0 Å². The van der Waals surface area contributed by atoms with Crippen molar-refractivity contribution in [3.8, 4) is 0 Å². The first kappa shape index (κ1) is 15.4. The smallest absolute Gasteiger partial charge is 0.168 e. The van der Waals surface area contributed by atoms with Crippen LogP contribution in [-0.2, 0) is 0 Å². The molecular formula is C15H29N5. The SMILES string of the molecule is CC(C)CNC(C)c1nnnn1C1CCCC(C)CC1. The number of rotatable bonds is 5. The lowest BCUT2D eigenvalue weighted by Gasteiger charge is -2.20. The first-order chi connectivity index (χ1) is 9.58. The van der Waals surface area contributed by atoms with Crippen molar-refractivity contribution in [2.45, 2.75) is 71.9 Å². The molecule has 1 fully saturated rings. The largest absolute Gasteiger partial charge is 0.307 e. The topological polar surface area (TPSA) is 55.6 Å². The van der Waals surface area contributed by atoms with E-state index < -0.39 is 0 Å². The summed E-state index contributed by atoms with van der Waals surface area (Å²) >= 11 is 0. The van der Waals surface area contributed by atoms with Crippen LogP contribution < -0.4 is 5.32 Å². The summed E-state index contributed by atoms with van der Waals surface area (Å²) in [4.78, 5) is 0. The second-order valence-electron chi connectivity index (χ2n) is 6.77. The predicted molar refractivity (Wildman–Crippen MR) is 80.4 cm³/mol. The van der Waals surface area contributed by atoms with Crippen LogP contribution in [0.4, 0.5) is 0 Å². The van der Waals surface area contributed by atoms with Crippen LogP contribution in [0.15, 0.2) is 0 Å². The summed E-state index contributed by atoms with van der Waals surface area (Å²) in [6.45, 7) is 9.94. The van der Waals surface area contributed by atoms with Crippen molar-refractivity contribution in [3.05, 3.63) is 5.82 Å². The van der Waals surface area contributed by atoms with E-state index in [1.807, 2.05) is 0 Å². The van der Waals surface area contributed by atoms with E-state index >= 15 is 0 Å². The highest BCUT2D eigenvalue weighted by Gasteiger charge is 2.23. The van der Waals surface area contributed by atoms with Gasteiger partial charge in [0.05, 0.1) is 12.1 Å². The third-order valence-corrected chi connectivity index (χ3v) is 4.31. The number of nitrogens with one attached hydrogen (secondary N) is 1. The van der Waals surface area contributed by atoms with Crippen molar-refractivity contribution in [1.82, 2.24) is 25.5 Å². The zero-order valence-corrected chi connectivity index (χ0v) is 13.3. The maximum atomic E-state index is 4.27. The molecule has 3 unspecified atom stereocenters. The zero-order valence-electron chi connectivity index (χ0n) is 13.3. The van der Waals surface area contributed by atoms with Crippen molar-refractivity contribution in [3.63, 3.8) is 0 Å². The van der Waals surface area contributed by atoms with Gasteiger partial charge in [-0.05, 0) is 55.0 Å². The van der Waals surface area contributed by atoms with Crippen LogP contribution in [0.5, 0.6) is 0 Å². The lowest BCUT2D eigenvalue weighted by Crippen LogP contribution is -2.27. The van der Waals surface area contributed by atoms with Crippen LogP contribution in [0, 0.1) is 11.8 Å². The van der Waals surface area contributed by atoms with Crippen LogP contribution in [0.1, 0.15) is 77.7 Å². The summed E-state index contributed by atoms with van der Waals surface area (Å²) in [6, 6.07) is 0.696. The van der Waals surface area contributed by atoms with Gasteiger partial charge in [-0.2, -0.15) is 0 Å². The summed E-state index contributed by atoms with van der Waals surface area (Å²) < 4.78 is 2.08. The van der Waals surface area contributed by atoms with Gasteiger partial charge in [-0.3, -0.25) is 0 Å². The number of hydrogen-bond acceptors (Lipinski definition) is 4. The monoisotopic (exact) mass is 279 g/mol. The fraction of sp³-hybridized carbons (Fsp3) is 0.933. The second-order valence-corrected chi connectivity index (χ2v) is 6.77. The van der Waals surface area contributed by atoms with Gasteiger partial charge in [-0.25, -0.2) is 4.68 Å². The number of aromatic nitrogens is 4. The van der Waals surface area contributed by atoms with E-state index in [2.05, 4.69) is 53.2 Å². The normalized spacial score (nSPS) is 25.6. The molecule has 1 aliphatic rings. The highest BCUT2D eigenvalue weighted by Crippen LogP contribution is 2.30. The molecule has 0 aromatic carbocycles. The fourth-order valence-corrected chi connectivity index (χ4v) is 2.96. The molecule has 3 atom stereocenters. The summed E-state index contributed by atoms with van der Waals surface area (Å²) in [6.07, 6.45) is 6.33. The molecule has 20 heavy (non-hydrogen) atoms. The molecule has 0 spiro atoms. The van der Waals surface area contributed by atoms with E-state index in [9.17, 15) is 0 Å². The lowest BCUT2D eigenvalue weighted by molar-refractivity contribution is 0.360. The molecular weight excluding hydrogens is 250 g/mol. The van der Waals surface area contributed by atoms with Gasteiger partial charge in [-0.15, -0.1) is 5.10 Å². The molecule has 2 rings (SSSR count). The summed E-state index contributed by atoms with van der Waals surface area (Å²) in [7, 11) is 0. The Morgan fingerprint density at radius 1 is 1.20 bits per heavy atom. The van der Waals surface area contributed by atoms with Crippen molar-refractivity contribution in [2.24, 2.45) is 11.8 Å². The molecule has 1 aliphatic carbocycles. The Morgan fingerprint density at radius 2 is 2.00 bits per heavy atom. The molecule has 114 valence electrons. The molecule has 5 nitrogen and oxygen atoms in total. The maximum Gasteiger partial charge on any atom is 0.168 e.